The van der Waals surface area contributed by atoms with Crippen LogP contribution in [-0.4, -0.2) is 34.4 Å². The second-order valence-corrected chi connectivity index (χ2v) is 4.47. The molecule has 0 radical (unpaired) electrons. The SMILES string of the molecule is Cc1ccc(NC(=O)N[C@H](C(=O)O)[C@@H](C)O)c(C)c1. The molecule has 1 rings (SSSR count). The van der Waals surface area contributed by atoms with Gasteiger partial charge in [0.1, 0.15) is 0 Å². The number of benzene rings is 1. The lowest BCUT2D eigenvalue weighted by Crippen LogP contribution is -2.49. The van der Waals surface area contributed by atoms with Gasteiger partial charge in [-0.3, -0.25) is 0 Å². The molecule has 0 fully saturated rings. The van der Waals surface area contributed by atoms with E-state index in [1.165, 1.54) is 6.92 Å². The van der Waals surface area contributed by atoms with Crippen LogP contribution >= 0.6 is 0 Å². The number of rotatable bonds is 4. The van der Waals surface area contributed by atoms with Crippen LogP contribution in [0, 0.1) is 13.8 Å². The Morgan fingerprint density at radius 3 is 2.37 bits per heavy atom. The Balaban J connectivity index is 2.72. The number of carbonyl (C=O) groups excluding carboxylic acids is 1. The number of amides is 2. The van der Waals surface area contributed by atoms with Crippen molar-refractivity contribution in [3.8, 4) is 0 Å². The lowest BCUT2D eigenvalue weighted by atomic mass is 10.1. The number of aliphatic hydroxyl groups is 1. The van der Waals surface area contributed by atoms with Gasteiger partial charge in [0.2, 0.25) is 0 Å². The van der Waals surface area contributed by atoms with Gasteiger partial charge in [-0.05, 0) is 32.4 Å². The molecular formula is C13H18N2O4. The summed E-state index contributed by atoms with van der Waals surface area (Å²) in [6, 6.07) is 3.47. The number of anilines is 1. The van der Waals surface area contributed by atoms with Crippen molar-refractivity contribution in [1.82, 2.24) is 5.32 Å². The van der Waals surface area contributed by atoms with Gasteiger partial charge in [-0.15, -0.1) is 0 Å². The minimum Gasteiger partial charge on any atom is -0.480 e. The molecule has 6 heteroatoms. The zero-order valence-electron chi connectivity index (χ0n) is 11.1. The Bertz CT molecular complexity index is 486. The molecule has 0 spiro atoms. The van der Waals surface area contributed by atoms with Crippen molar-refractivity contribution in [1.29, 1.82) is 0 Å². The van der Waals surface area contributed by atoms with E-state index in [9.17, 15) is 14.7 Å². The third-order valence-corrected chi connectivity index (χ3v) is 2.67. The van der Waals surface area contributed by atoms with Crippen LogP contribution in [0.15, 0.2) is 18.2 Å². The molecule has 0 saturated carbocycles. The Hall–Kier alpha value is -2.08. The van der Waals surface area contributed by atoms with Crippen LogP contribution in [0.1, 0.15) is 18.1 Å². The number of aliphatic carboxylic acids is 1. The maximum absolute atomic E-state index is 11.7. The van der Waals surface area contributed by atoms with Gasteiger partial charge < -0.3 is 20.8 Å². The Morgan fingerprint density at radius 2 is 1.89 bits per heavy atom. The highest BCUT2D eigenvalue weighted by molar-refractivity contribution is 5.93. The van der Waals surface area contributed by atoms with Gasteiger partial charge in [-0.2, -0.15) is 0 Å². The van der Waals surface area contributed by atoms with E-state index < -0.39 is 24.1 Å². The molecule has 2 atom stereocenters. The summed E-state index contributed by atoms with van der Waals surface area (Å²) in [5.41, 5.74) is 2.53. The van der Waals surface area contributed by atoms with Crippen molar-refractivity contribution >= 4 is 17.7 Å². The van der Waals surface area contributed by atoms with Crippen molar-refractivity contribution < 1.29 is 19.8 Å². The first-order chi connectivity index (χ1) is 8.81. The lowest BCUT2D eigenvalue weighted by Gasteiger charge is -2.18. The summed E-state index contributed by atoms with van der Waals surface area (Å²) in [6.45, 7) is 5.08. The topological polar surface area (TPSA) is 98.7 Å². The first-order valence-electron chi connectivity index (χ1n) is 5.87. The number of carboxylic acid groups (broad SMARTS) is 1. The molecule has 0 bridgehead atoms. The number of nitrogens with one attached hydrogen (secondary N) is 2. The largest absolute Gasteiger partial charge is 0.480 e. The fourth-order valence-electron chi connectivity index (χ4n) is 1.64. The van der Waals surface area contributed by atoms with Gasteiger partial charge in [0.25, 0.3) is 0 Å². The number of hydrogen-bond acceptors (Lipinski definition) is 3. The molecular weight excluding hydrogens is 248 g/mol. The predicted octanol–water partition coefficient (Wildman–Crippen LogP) is 1.26. The van der Waals surface area contributed by atoms with Crippen LogP contribution in [0.4, 0.5) is 10.5 Å². The Kier molecular flexibility index (Phi) is 4.88. The van der Waals surface area contributed by atoms with Crippen LogP contribution in [0.2, 0.25) is 0 Å². The molecule has 19 heavy (non-hydrogen) atoms. The summed E-state index contributed by atoms with van der Waals surface area (Å²) in [5, 5.41) is 22.9. The average Bonchev–Trinajstić information content (AvgIpc) is 2.29. The molecule has 0 aliphatic rings. The van der Waals surface area contributed by atoms with Crippen LogP contribution in [0.25, 0.3) is 0 Å². The van der Waals surface area contributed by atoms with Gasteiger partial charge in [0.15, 0.2) is 6.04 Å². The second-order valence-electron chi connectivity index (χ2n) is 4.47. The fourth-order valence-corrected chi connectivity index (χ4v) is 1.64. The van der Waals surface area contributed by atoms with Crippen LogP contribution in [-0.2, 0) is 4.79 Å². The molecule has 0 aliphatic carbocycles. The van der Waals surface area contributed by atoms with Gasteiger partial charge >= 0.3 is 12.0 Å². The summed E-state index contributed by atoms with van der Waals surface area (Å²) >= 11 is 0. The first-order valence-corrected chi connectivity index (χ1v) is 5.87. The molecule has 0 aromatic heterocycles. The quantitative estimate of drug-likeness (QED) is 0.659. The summed E-state index contributed by atoms with van der Waals surface area (Å²) < 4.78 is 0. The second kappa shape index (κ2) is 6.19. The number of aryl methyl sites for hydroxylation is 2. The summed E-state index contributed by atoms with van der Waals surface area (Å²) in [7, 11) is 0. The standard InChI is InChI=1S/C13H18N2O4/c1-7-4-5-10(8(2)6-7)14-13(19)15-11(9(3)16)12(17)18/h4-6,9,11,16H,1-3H3,(H,17,18)(H2,14,15,19)/t9-,11+/m1/s1. The molecule has 104 valence electrons. The number of hydrogen-bond donors (Lipinski definition) is 4. The predicted molar refractivity (Wildman–Crippen MR) is 71.2 cm³/mol. The Morgan fingerprint density at radius 1 is 1.26 bits per heavy atom. The Labute approximate surface area is 111 Å². The number of carboxylic acids is 1. The molecule has 2 amide bonds. The highest BCUT2D eigenvalue weighted by Gasteiger charge is 2.24. The van der Waals surface area contributed by atoms with E-state index >= 15 is 0 Å². The number of urea groups is 1. The lowest BCUT2D eigenvalue weighted by molar-refractivity contribution is -0.141. The highest BCUT2D eigenvalue weighted by Crippen LogP contribution is 2.15. The normalized spacial score (nSPS) is 13.5. The summed E-state index contributed by atoms with van der Waals surface area (Å²) in [6.07, 6.45) is -1.18. The van der Waals surface area contributed by atoms with Gasteiger partial charge in [0.05, 0.1) is 6.10 Å². The maximum atomic E-state index is 11.7. The highest BCUT2D eigenvalue weighted by atomic mass is 16.4. The van der Waals surface area contributed by atoms with Crippen molar-refractivity contribution in [3.05, 3.63) is 29.3 Å². The van der Waals surface area contributed by atoms with E-state index in [-0.39, 0.29) is 0 Å². The smallest absolute Gasteiger partial charge is 0.328 e. The van der Waals surface area contributed by atoms with Crippen LogP contribution < -0.4 is 10.6 Å². The van der Waals surface area contributed by atoms with Crippen LogP contribution in [0.3, 0.4) is 0 Å². The van der Waals surface area contributed by atoms with E-state index in [1.807, 2.05) is 26.0 Å². The van der Waals surface area contributed by atoms with E-state index in [1.54, 1.807) is 6.07 Å². The minimum atomic E-state index is -1.34. The molecule has 1 aromatic carbocycles. The number of carbonyl (C=O) groups is 2. The monoisotopic (exact) mass is 266 g/mol. The van der Waals surface area contributed by atoms with Crippen molar-refractivity contribution in [2.75, 3.05) is 5.32 Å². The zero-order valence-corrected chi connectivity index (χ0v) is 11.1. The molecule has 4 N–H and O–H groups in total. The van der Waals surface area contributed by atoms with E-state index in [0.29, 0.717) is 5.69 Å². The fraction of sp³-hybridized carbons (Fsp3) is 0.385. The molecule has 0 unspecified atom stereocenters. The molecule has 0 heterocycles. The molecule has 0 saturated heterocycles. The van der Waals surface area contributed by atoms with Gasteiger partial charge in [0, 0.05) is 5.69 Å². The van der Waals surface area contributed by atoms with E-state index in [2.05, 4.69) is 10.6 Å². The van der Waals surface area contributed by atoms with Gasteiger partial charge in [-0.1, -0.05) is 17.7 Å². The summed E-state index contributed by atoms with van der Waals surface area (Å²) in [5.74, 6) is -1.29. The van der Waals surface area contributed by atoms with Crippen molar-refractivity contribution in [2.45, 2.75) is 32.9 Å². The molecule has 1 aromatic rings. The first kappa shape index (κ1) is 15.0. The zero-order chi connectivity index (χ0) is 14.6. The minimum absolute atomic E-state index is 0.595. The molecule has 6 nitrogen and oxygen atoms in total. The maximum Gasteiger partial charge on any atom is 0.328 e. The molecule has 0 aliphatic heterocycles. The van der Waals surface area contributed by atoms with E-state index in [0.717, 1.165) is 11.1 Å². The third kappa shape index (κ3) is 4.26. The number of aliphatic hydroxyl groups excluding tert-OH is 1. The van der Waals surface area contributed by atoms with Crippen LogP contribution in [0.5, 0.6) is 0 Å². The van der Waals surface area contributed by atoms with Crippen molar-refractivity contribution in [3.63, 3.8) is 0 Å². The van der Waals surface area contributed by atoms with E-state index in [4.69, 9.17) is 5.11 Å². The third-order valence-electron chi connectivity index (χ3n) is 2.67. The van der Waals surface area contributed by atoms with Crippen molar-refractivity contribution in [2.24, 2.45) is 0 Å². The summed E-state index contributed by atoms with van der Waals surface area (Å²) in [4.78, 5) is 22.5. The average molecular weight is 266 g/mol. The van der Waals surface area contributed by atoms with Gasteiger partial charge in [-0.25, -0.2) is 9.59 Å².